The molecular formula is C36H61N9O7. The normalized spacial score (nSPS) is 15.2. The van der Waals surface area contributed by atoms with Gasteiger partial charge in [-0.05, 0) is 62.3 Å². The summed E-state index contributed by atoms with van der Waals surface area (Å²) in [5.41, 5.74) is 17.8. The molecule has 1 aromatic rings. The Balaban J connectivity index is 3.17. The van der Waals surface area contributed by atoms with E-state index in [0.29, 0.717) is 6.42 Å². The van der Waals surface area contributed by atoms with Crippen molar-refractivity contribution in [3.8, 4) is 0 Å². The molecule has 0 bridgehead atoms. The molecule has 0 aromatic heterocycles. The van der Waals surface area contributed by atoms with Gasteiger partial charge in [-0.1, -0.05) is 78.3 Å². The number of carboxylic acid groups (broad SMARTS) is 1. The first kappa shape index (κ1) is 45.3. The molecule has 0 aliphatic carbocycles. The van der Waals surface area contributed by atoms with E-state index in [0.717, 1.165) is 5.56 Å². The third kappa shape index (κ3) is 17.0. The Bertz CT molecular complexity index is 1350. The second-order valence-electron chi connectivity index (χ2n) is 14.1. The standard InChI is InChI=1S/C36H61N9O7/c1-8-22(6)29(34(50)44-28(35(51)52)18-21(4)5)45-33(49)27(17-20(2)3)43-32(48)26(15-12-16-40-36(38)39)42-30(46)23(7)41-31(47)25(37)19-24-13-10-9-11-14-24/h9-11,13-14,20-23,25-29H,8,12,15-19,37H2,1-7H3,(H,41,47)(H,42,46)(H,43,48)(H,44,50)(H,45,49)(H,51,52)(H4,38,39,40)/t22-,23-,25-,26-,27-,28-,29-/m0/s1. The van der Waals surface area contributed by atoms with E-state index in [9.17, 15) is 33.9 Å². The topological polar surface area (TPSA) is 273 Å². The molecule has 16 nitrogen and oxygen atoms in total. The molecule has 16 heteroatoms. The first-order chi connectivity index (χ1) is 24.4. The molecule has 0 heterocycles. The summed E-state index contributed by atoms with van der Waals surface area (Å²) in [5.74, 6) is -4.93. The van der Waals surface area contributed by atoms with E-state index in [-0.39, 0.29) is 62.4 Å². The minimum atomic E-state index is -1.18. The summed E-state index contributed by atoms with van der Waals surface area (Å²) in [7, 11) is 0. The zero-order valence-electron chi connectivity index (χ0n) is 31.6. The van der Waals surface area contributed by atoms with Crippen LogP contribution in [0.1, 0.15) is 86.1 Å². The van der Waals surface area contributed by atoms with Crippen LogP contribution in [0.4, 0.5) is 0 Å². The van der Waals surface area contributed by atoms with Crippen molar-refractivity contribution in [2.24, 2.45) is 39.9 Å². The number of carbonyl (C=O) groups is 6. The Morgan fingerprint density at radius 2 is 1.25 bits per heavy atom. The van der Waals surface area contributed by atoms with E-state index >= 15 is 0 Å². The maximum Gasteiger partial charge on any atom is 0.326 e. The predicted octanol–water partition coefficient (Wildman–Crippen LogP) is 0.277. The van der Waals surface area contributed by atoms with Crippen LogP contribution >= 0.6 is 0 Å². The first-order valence-electron chi connectivity index (χ1n) is 18.0. The molecule has 0 saturated carbocycles. The summed E-state index contributed by atoms with van der Waals surface area (Å²) in [6, 6.07) is 2.72. The second-order valence-corrected chi connectivity index (χ2v) is 14.1. The molecule has 292 valence electrons. The predicted molar refractivity (Wildman–Crippen MR) is 199 cm³/mol. The lowest BCUT2D eigenvalue weighted by atomic mass is 9.95. The van der Waals surface area contributed by atoms with Crippen molar-refractivity contribution < 1.29 is 33.9 Å². The number of aliphatic carboxylic acids is 1. The first-order valence-corrected chi connectivity index (χ1v) is 18.0. The van der Waals surface area contributed by atoms with E-state index in [4.69, 9.17) is 17.2 Å². The molecule has 0 aliphatic heterocycles. The molecule has 52 heavy (non-hydrogen) atoms. The van der Waals surface area contributed by atoms with Crippen molar-refractivity contribution in [1.29, 1.82) is 0 Å². The van der Waals surface area contributed by atoms with Gasteiger partial charge in [0.05, 0.1) is 6.04 Å². The van der Waals surface area contributed by atoms with Gasteiger partial charge in [-0.25, -0.2) is 4.79 Å². The van der Waals surface area contributed by atoms with Gasteiger partial charge in [0.1, 0.15) is 30.2 Å². The highest BCUT2D eigenvalue weighted by Crippen LogP contribution is 2.13. The van der Waals surface area contributed by atoms with Gasteiger partial charge in [0, 0.05) is 6.54 Å². The third-order valence-corrected chi connectivity index (χ3v) is 8.42. The van der Waals surface area contributed by atoms with E-state index in [1.54, 1.807) is 6.92 Å². The molecule has 0 radical (unpaired) electrons. The molecule has 0 fully saturated rings. The van der Waals surface area contributed by atoms with Gasteiger partial charge >= 0.3 is 5.97 Å². The van der Waals surface area contributed by atoms with Crippen LogP contribution in [0.2, 0.25) is 0 Å². The van der Waals surface area contributed by atoms with Crippen LogP contribution in [0.25, 0.3) is 0 Å². The zero-order chi connectivity index (χ0) is 39.5. The SMILES string of the molecule is CC[C@H](C)[C@H](NC(=O)[C@H](CC(C)C)NC(=O)[C@H](CCCN=C(N)N)NC(=O)[C@H](C)NC(=O)[C@@H](N)Cc1ccccc1)C(=O)N[C@@H](CC(C)C)C(=O)O. The Morgan fingerprint density at radius 1 is 0.712 bits per heavy atom. The van der Waals surface area contributed by atoms with E-state index < -0.39 is 71.8 Å². The number of nitrogens with one attached hydrogen (secondary N) is 5. The molecule has 0 aliphatic rings. The highest BCUT2D eigenvalue weighted by molar-refractivity contribution is 5.96. The molecule has 1 rings (SSSR count). The van der Waals surface area contributed by atoms with Crippen molar-refractivity contribution in [3.05, 3.63) is 35.9 Å². The minimum Gasteiger partial charge on any atom is -0.480 e. The molecular weight excluding hydrogens is 670 g/mol. The van der Waals surface area contributed by atoms with Gasteiger partial charge < -0.3 is 48.9 Å². The maximum atomic E-state index is 13.7. The lowest BCUT2D eigenvalue weighted by molar-refractivity contribution is -0.143. The van der Waals surface area contributed by atoms with E-state index in [1.165, 1.54) is 6.92 Å². The van der Waals surface area contributed by atoms with Crippen molar-refractivity contribution in [1.82, 2.24) is 26.6 Å². The summed E-state index contributed by atoms with van der Waals surface area (Å²) in [6.45, 7) is 12.6. The highest BCUT2D eigenvalue weighted by atomic mass is 16.4. The number of aliphatic imine (C=N–C) groups is 1. The fourth-order valence-corrected chi connectivity index (χ4v) is 5.30. The highest BCUT2D eigenvalue weighted by Gasteiger charge is 2.34. The number of hydrogen-bond donors (Lipinski definition) is 9. The Morgan fingerprint density at radius 3 is 1.79 bits per heavy atom. The summed E-state index contributed by atoms with van der Waals surface area (Å²) in [4.78, 5) is 82.7. The lowest BCUT2D eigenvalue weighted by Gasteiger charge is -2.29. The average Bonchev–Trinajstić information content (AvgIpc) is 3.06. The van der Waals surface area contributed by atoms with Gasteiger partial charge in [0.2, 0.25) is 29.5 Å². The quantitative estimate of drug-likeness (QED) is 0.0421. The number of nitrogens with zero attached hydrogens (tertiary/aromatic N) is 1. The Kier molecular flexibility index (Phi) is 20.0. The largest absolute Gasteiger partial charge is 0.480 e. The van der Waals surface area contributed by atoms with E-state index in [1.807, 2.05) is 65.0 Å². The number of amides is 5. The van der Waals surface area contributed by atoms with Crippen LogP contribution in [0.5, 0.6) is 0 Å². The summed E-state index contributed by atoms with van der Waals surface area (Å²) < 4.78 is 0. The fraction of sp³-hybridized carbons (Fsp3) is 0.639. The van der Waals surface area contributed by atoms with Crippen LogP contribution in [0.15, 0.2) is 35.3 Å². The number of nitrogens with two attached hydrogens (primary N) is 3. The van der Waals surface area contributed by atoms with Crippen LogP contribution in [0.3, 0.4) is 0 Å². The van der Waals surface area contributed by atoms with Crippen LogP contribution in [-0.4, -0.2) is 89.4 Å². The second kappa shape index (κ2) is 23.0. The monoisotopic (exact) mass is 731 g/mol. The van der Waals surface area contributed by atoms with Crippen molar-refractivity contribution >= 4 is 41.5 Å². The third-order valence-electron chi connectivity index (χ3n) is 8.42. The number of hydrogen-bond acceptors (Lipinski definition) is 8. The zero-order valence-corrected chi connectivity index (χ0v) is 31.6. The molecule has 7 atom stereocenters. The van der Waals surface area contributed by atoms with Gasteiger partial charge in [-0.2, -0.15) is 0 Å². The van der Waals surface area contributed by atoms with Gasteiger partial charge in [-0.3, -0.25) is 29.0 Å². The smallest absolute Gasteiger partial charge is 0.326 e. The van der Waals surface area contributed by atoms with E-state index in [2.05, 4.69) is 31.6 Å². The molecule has 0 unspecified atom stereocenters. The van der Waals surface area contributed by atoms with Crippen LogP contribution < -0.4 is 43.8 Å². The summed E-state index contributed by atoms with van der Waals surface area (Å²) in [6.07, 6.45) is 1.52. The molecule has 12 N–H and O–H groups in total. The average molecular weight is 732 g/mol. The fourth-order valence-electron chi connectivity index (χ4n) is 5.30. The molecule has 0 spiro atoms. The minimum absolute atomic E-state index is 0.00643. The maximum absolute atomic E-state index is 13.7. The molecule has 0 saturated heterocycles. The van der Waals surface area contributed by atoms with Crippen LogP contribution in [0, 0.1) is 17.8 Å². The van der Waals surface area contributed by atoms with Crippen LogP contribution in [-0.2, 0) is 35.2 Å². The summed E-state index contributed by atoms with van der Waals surface area (Å²) >= 11 is 0. The number of benzene rings is 1. The summed E-state index contributed by atoms with van der Waals surface area (Å²) in [5, 5.41) is 22.9. The lowest BCUT2D eigenvalue weighted by Crippen LogP contribution is -2.60. The van der Waals surface area contributed by atoms with Gasteiger partial charge in [0.15, 0.2) is 5.96 Å². The van der Waals surface area contributed by atoms with Crippen molar-refractivity contribution in [2.45, 2.75) is 123 Å². The van der Waals surface area contributed by atoms with Crippen molar-refractivity contribution in [3.63, 3.8) is 0 Å². The van der Waals surface area contributed by atoms with Crippen molar-refractivity contribution in [2.75, 3.05) is 6.54 Å². The molecule has 5 amide bonds. The number of guanidine groups is 1. The number of carboxylic acids is 1. The number of rotatable bonds is 23. The Labute approximate surface area is 307 Å². The van der Waals surface area contributed by atoms with Gasteiger partial charge in [0.25, 0.3) is 0 Å². The number of carbonyl (C=O) groups excluding carboxylic acids is 5. The molecule has 1 aromatic carbocycles. The van der Waals surface area contributed by atoms with Gasteiger partial charge in [-0.15, -0.1) is 0 Å². The Hall–Kier alpha value is -4.73.